The van der Waals surface area contributed by atoms with Gasteiger partial charge in [0.15, 0.2) is 6.61 Å². The van der Waals surface area contributed by atoms with Crippen molar-refractivity contribution < 1.29 is 23.8 Å². The van der Waals surface area contributed by atoms with E-state index in [0.717, 1.165) is 17.8 Å². The molecule has 4 aliphatic carbocycles. The Balaban J connectivity index is 1.34. The molecule has 1 atom stereocenters. The van der Waals surface area contributed by atoms with Gasteiger partial charge in [-0.05, 0) is 86.8 Å². The molecule has 158 valence electrons. The zero-order valence-electron chi connectivity index (χ0n) is 17.5. The third-order valence-corrected chi connectivity index (χ3v) is 7.34. The molecule has 1 amide bonds. The van der Waals surface area contributed by atoms with Gasteiger partial charge in [0.1, 0.15) is 17.1 Å². The summed E-state index contributed by atoms with van der Waals surface area (Å²) < 4.78 is 15.6. The Labute approximate surface area is 172 Å². The number of esters is 1. The van der Waals surface area contributed by atoms with Gasteiger partial charge in [-0.1, -0.05) is 0 Å². The van der Waals surface area contributed by atoms with Gasteiger partial charge in [-0.3, -0.25) is 4.79 Å². The van der Waals surface area contributed by atoms with Crippen molar-refractivity contribution in [3.05, 3.63) is 23.8 Å². The number of rotatable bonds is 7. The van der Waals surface area contributed by atoms with Crippen LogP contribution in [-0.4, -0.2) is 38.7 Å². The fourth-order valence-corrected chi connectivity index (χ4v) is 6.33. The molecule has 4 bridgehead atoms. The van der Waals surface area contributed by atoms with Crippen molar-refractivity contribution in [2.24, 2.45) is 23.2 Å². The van der Waals surface area contributed by atoms with E-state index in [2.05, 4.69) is 12.2 Å². The molecule has 29 heavy (non-hydrogen) atoms. The summed E-state index contributed by atoms with van der Waals surface area (Å²) in [6.07, 6.45) is 7.80. The predicted molar refractivity (Wildman–Crippen MR) is 108 cm³/mol. The Morgan fingerprint density at radius 3 is 2.24 bits per heavy atom. The number of amides is 1. The van der Waals surface area contributed by atoms with Crippen LogP contribution in [0.4, 0.5) is 0 Å². The van der Waals surface area contributed by atoms with Gasteiger partial charge in [0, 0.05) is 6.04 Å². The third-order valence-electron chi connectivity index (χ3n) is 7.34. The van der Waals surface area contributed by atoms with Crippen molar-refractivity contribution in [1.29, 1.82) is 0 Å². The Bertz CT molecular complexity index is 754. The second kappa shape index (κ2) is 7.88. The van der Waals surface area contributed by atoms with Gasteiger partial charge in [0.05, 0.1) is 14.2 Å². The van der Waals surface area contributed by atoms with Crippen LogP contribution in [0.2, 0.25) is 0 Å². The highest BCUT2D eigenvalue weighted by Gasteiger charge is 2.53. The number of hydrogen-bond donors (Lipinski definition) is 1. The zero-order chi connectivity index (χ0) is 20.6. The van der Waals surface area contributed by atoms with E-state index in [0.29, 0.717) is 11.5 Å². The molecule has 0 heterocycles. The van der Waals surface area contributed by atoms with Gasteiger partial charge in [0.25, 0.3) is 5.91 Å². The smallest absolute Gasteiger partial charge is 0.342 e. The molecule has 1 aromatic rings. The highest BCUT2D eigenvalue weighted by atomic mass is 16.5. The van der Waals surface area contributed by atoms with Crippen LogP contribution < -0.4 is 14.8 Å². The number of benzene rings is 1. The van der Waals surface area contributed by atoms with Gasteiger partial charge >= 0.3 is 5.97 Å². The van der Waals surface area contributed by atoms with Gasteiger partial charge < -0.3 is 19.5 Å². The maximum absolute atomic E-state index is 12.5. The first kappa shape index (κ1) is 20.0. The highest BCUT2D eigenvalue weighted by molar-refractivity contribution is 5.94. The maximum atomic E-state index is 12.5. The molecule has 0 unspecified atom stereocenters. The van der Waals surface area contributed by atoms with Gasteiger partial charge in [-0.15, -0.1) is 0 Å². The predicted octanol–water partition coefficient (Wildman–Crippen LogP) is 3.58. The van der Waals surface area contributed by atoms with Crippen LogP contribution in [0, 0.1) is 23.2 Å². The normalized spacial score (nSPS) is 30.5. The number of hydrogen-bond acceptors (Lipinski definition) is 5. The van der Waals surface area contributed by atoms with E-state index >= 15 is 0 Å². The van der Waals surface area contributed by atoms with Crippen LogP contribution in [0.5, 0.6) is 11.5 Å². The lowest BCUT2D eigenvalue weighted by molar-refractivity contribution is -0.128. The summed E-state index contributed by atoms with van der Waals surface area (Å²) in [7, 11) is 3.01. The molecule has 6 heteroatoms. The largest absolute Gasteiger partial charge is 0.497 e. The summed E-state index contributed by atoms with van der Waals surface area (Å²) in [6.45, 7) is 1.83. The number of carbonyl (C=O) groups excluding carboxylic acids is 2. The Hall–Kier alpha value is -2.24. The monoisotopic (exact) mass is 401 g/mol. The van der Waals surface area contributed by atoms with Crippen LogP contribution in [-0.2, 0) is 9.53 Å². The maximum Gasteiger partial charge on any atom is 0.342 e. The van der Waals surface area contributed by atoms with E-state index in [-0.39, 0.29) is 29.5 Å². The Morgan fingerprint density at radius 2 is 1.69 bits per heavy atom. The standard InChI is InChI=1S/C23H31NO5/c1-14(23-10-15-6-16(11-23)8-17(7-15)12-23)24-21(25)13-29-22(26)19-9-18(27-2)4-5-20(19)28-3/h4-5,9,14-17H,6-8,10-13H2,1-3H3,(H,24,25)/t14-,15?,16?,17?,23?/m1/s1. The van der Waals surface area contributed by atoms with Crippen molar-refractivity contribution in [2.45, 2.75) is 51.5 Å². The van der Waals surface area contributed by atoms with E-state index < -0.39 is 5.97 Å². The van der Waals surface area contributed by atoms with E-state index in [9.17, 15) is 9.59 Å². The minimum atomic E-state index is -0.599. The molecule has 4 fully saturated rings. The fourth-order valence-electron chi connectivity index (χ4n) is 6.33. The number of nitrogens with one attached hydrogen (secondary N) is 1. The number of carbonyl (C=O) groups is 2. The van der Waals surface area contributed by atoms with Crippen molar-refractivity contribution in [3.63, 3.8) is 0 Å². The molecule has 0 saturated heterocycles. The average molecular weight is 402 g/mol. The Morgan fingerprint density at radius 1 is 1.07 bits per heavy atom. The molecule has 1 aromatic carbocycles. The topological polar surface area (TPSA) is 73.9 Å². The first-order valence-corrected chi connectivity index (χ1v) is 10.6. The first-order valence-electron chi connectivity index (χ1n) is 10.6. The number of ether oxygens (including phenoxy) is 3. The molecule has 1 N–H and O–H groups in total. The van der Waals surface area contributed by atoms with E-state index in [1.807, 2.05) is 0 Å². The average Bonchev–Trinajstić information content (AvgIpc) is 2.70. The summed E-state index contributed by atoms with van der Waals surface area (Å²) in [4.78, 5) is 25.0. The zero-order valence-corrected chi connectivity index (χ0v) is 17.5. The molecule has 5 rings (SSSR count). The van der Waals surface area contributed by atoms with Crippen LogP contribution in [0.25, 0.3) is 0 Å². The van der Waals surface area contributed by atoms with Crippen molar-refractivity contribution >= 4 is 11.9 Å². The van der Waals surface area contributed by atoms with Crippen molar-refractivity contribution in [2.75, 3.05) is 20.8 Å². The summed E-state index contributed by atoms with van der Waals surface area (Å²) >= 11 is 0. The first-order chi connectivity index (χ1) is 13.9. The van der Waals surface area contributed by atoms with E-state index in [1.165, 1.54) is 52.7 Å². The van der Waals surface area contributed by atoms with Gasteiger partial charge in [0.2, 0.25) is 0 Å². The van der Waals surface area contributed by atoms with Crippen molar-refractivity contribution in [3.8, 4) is 11.5 Å². The molecule has 4 saturated carbocycles. The minimum Gasteiger partial charge on any atom is -0.497 e. The van der Waals surface area contributed by atoms with Crippen LogP contribution in [0.15, 0.2) is 18.2 Å². The van der Waals surface area contributed by atoms with Gasteiger partial charge in [-0.25, -0.2) is 4.79 Å². The molecular weight excluding hydrogens is 370 g/mol. The third kappa shape index (κ3) is 3.94. The molecule has 0 radical (unpaired) electrons. The van der Waals surface area contributed by atoms with Crippen LogP contribution in [0.3, 0.4) is 0 Å². The molecule has 0 aromatic heterocycles. The summed E-state index contributed by atoms with van der Waals surface area (Å²) in [5.41, 5.74) is 0.471. The Kier molecular flexibility index (Phi) is 5.45. The second-order valence-corrected chi connectivity index (χ2v) is 9.21. The SMILES string of the molecule is COc1ccc(OC)c(C(=O)OCC(=O)N[C@H](C)C23CC4CC(CC(C4)C2)C3)c1. The number of methoxy groups -OCH3 is 2. The lowest BCUT2D eigenvalue weighted by Crippen LogP contribution is -2.56. The van der Waals surface area contributed by atoms with Crippen LogP contribution in [0.1, 0.15) is 55.8 Å². The highest BCUT2D eigenvalue weighted by Crippen LogP contribution is 2.61. The lowest BCUT2D eigenvalue weighted by atomic mass is 9.48. The summed E-state index contributed by atoms with van der Waals surface area (Å²) in [5, 5.41) is 3.12. The van der Waals surface area contributed by atoms with Gasteiger partial charge in [-0.2, -0.15) is 0 Å². The molecule has 4 aliphatic rings. The summed E-state index contributed by atoms with van der Waals surface area (Å²) in [5.74, 6) is 2.56. The second-order valence-electron chi connectivity index (χ2n) is 9.21. The molecule has 6 nitrogen and oxygen atoms in total. The quantitative estimate of drug-likeness (QED) is 0.707. The minimum absolute atomic E-state index is 0.105. The van der Waals surface area contributed by atoms with E-state index in [1.54, 1.807) is 18.2 Å². The lowest BCUT2D eigenvalue weighted by Gasteiger charge is -2.59. The fraction of sp³-hybridized carbons (Fsp3) is 0.652. The molecular formula is C23H31NO5. The van der Waals surface area contributed by atoms with E-state index in [4.69, 9.17) is 14.2 Å². The molecule has 0 aliphatic heterocycles. The van der Waals surface area contributed by atoms with Crippen LogP contribution >= 0.6 is 0 Å². The summed E-state index contributed by atoms with van der Waals surface area (Å²) in [6, 6.07) is 5.01. The van der Waals surface area contributed by atoms with Crippen molar-refractivity contribution in [1.82, 2.24) is 5.32 Å². The molecule has 0 spiro atoms.